The fourth-order valence-electron chi connectivity index (χ4n) is 2.28. The molecular formula is C15H11N5. The number of fused-ring (bicyclic) bond motifs is 1. The molecule has 0 fully saturated rings. The monoisotopic (exact) mass is 261 g/mol. The first kappa shape index (κ1) is 10.9. The molecule has 0 saturated heterocycles. The molecule has 0 atom stereocenters. The lowest BCUT2D eigenvalue weighted by Gasteiger charge is -2.06. The van der Waals surface area contributed by atoms with Gasteiger partial charge in [-0.2, -0.15) is 0 Å². The molecule has 0 saturated carbocycles. The Labute approximate surface area is 115 Å². The van der Waals surface area contributed by atoms with Crippen LogP contribution in [0, 0.1) is 0 Å². The molecule has 2 aromatic heterocycles. The largest absolute Gasteiger partial charge is 0.299 e. The van der Waals surface area contributed by atoms with Gasteiger partial charge in [0.05, 0.1) is 11.0 Å². The SMILES string of the molecule is c1ccc2c(c1)ncn2-c1ccc(-n2cnnc2)cc1. The van der Waals surface area contributed by atoms with E-state index in [4.69, 9.17) is 0 Å². The molecule has 2 heterocycles. The van der Waals surface area contributed by atoms with Crippen molar-refractivity contribution in [1.29, 1.82) is 0 Å². The highest BCUT2D eigenvalue weighted by molar-refractivity contribution is 5.77. The molecule has 96 valence electrons. The zero-order valence-electron chi connectivity index (χ0n) is 10.6. The Hall–Kier alpha value is -2.95. The average molecular weight is 261 g/mol. The molecule has 0 bridgehead atoms. The van der Waals surface area contributed by atoms with Gasteiger partial charge in [-0.3, -0.25) is 9.13 Å². The number of hydrogen-bond acceptors (Lipinski definition) is 3. The van der Waals surface area contributed by atoms with Crippen molar-refractivity contribution in [3.8, 4) is 11.4 Å². The Morgan fingerprint density at radius 2 is 1.40 bits per heavy atom. The summed E-state index contributed by atoms with van der Waals surface area (Å²) in [6, 6.07) is 16.3. The van der Waals surface area contributed by atoms with Crippen molar-refractivity contribution in [2.45, 2.75) is 0 Å². The van der Waals surface area contributed by atoms with Gasteiger partial charge in [0.15, 0.2) is 0 Å². The Morgan fingerprint density at radius 1 is 0.700 bits per heavy atom. The third kappa shape index (κ3) is 1.68. The highest BCUT2D eigenvalue weighted by Crippen LogP contribution is 2.19. The van der Waals surface area contributed by atoms with Crippen molar-refractivity contribution in [2.75, 3.05) is 0 Å². The van der Waals surface area contributed by atoms with E-state index in [0.717, 1.165) is 22.4 Å². The molecule has 0 unspecified atom stereocenters. The van der Waals surface area contributed by atoms with Gasteiger partial charge in [-0.25, -0.2) is 4.98 Å². The summed E-state index contributed by atoms with van der Waals surface area (Å²) in [6.07, 6.45) is 5.21. The lowest BCUT2D eigenvalue weighted by molar-refractivity contribution is 1.04. The van der Waals surface area contributed by atoms with E-state index in [1.54, 1.807) is 12.7 Å². The van der Waals surface area contributed by atoms with Crippen molar-refractivity contribution < 1.29 is 0 Å². The lowest BCUT2D eigenvalue weighted by atomic mass is 10.2. The Bertz CT molecular complexity index is 844. The molecule has 0 aliphatic rings. The predicted octanol–water partition coefficient (Wildman–Crippen LogP) is 2.61. The molecule has 0 spiro atoms. The van der Waals surface area contributed by atoms with Crippen molar-refractivity contribution in [3.05, 3.63) is 67.5 Å². The second-order valence-corrected chi connectivity index (χ2v) is 4.49. The third-order valence-corrected chi connectivity index (χ3v) is 3.30. The second-order valence-electron chi connectivity index (χ2n) is 4.49. The van der Waals surface area contributed by atoms with Gasteiger partial charge in [-0.05, 0) is 36.4 Å². The summed E-state index contributed by atoms with van der Waals surface area (Å²) in [5.41, 5.74) is 4.21. The first-order valence-corrected chi connectivity index (χ1v) is 6.29. The van der Waals surface area contributed by atoms with Crippen LogP contribution in [0.15, 0.2) is 67.5 Å². The summed E-state index contributed by atoms with van der Waals surface area (Å²) in [7, 11) is 0. The van der Waals surface area contributed by atoms with Crippen LogP contribution < -0.4 is 0 Å². The Balaban J connectivity index is 1.79. The molecule has 2 aromatic carbocycles. The summed E-state index contributed by atoms with van der Waals surface area (Å²) in [5.74, 6) is 0. The number of para-hydroxylation sites is 2. The van der Waals surface area contributed by atoms with Gasteiger partial charge in [0, 0.05) is 11.4 Å². The third-order valence-electron chi connectivity index (χ3n) is 3.30. The molecule has 20 heavy (non-hydrogen) atoms. The lowest BCUT2D eigenvalue weighted by Crippen LogP contribution is -1.94. The van der Waals surface area contributed by atoms with Crippen molar-refractivity contribution in [2.24, 2.45) is 0 Å². The van der Waals surface area contributed by atoms with Gasteiger partial charge in [-0.1, -0.05) is 12.1 Å². The average Bonchev–Trinajstić information content (AvgIpc) is 3.17. The zero-order chi connectivity index (χ0) is 13.4. The van der Waals surface area contributed by atoms with E-state index >= 15 is 0 Å². The number of nitrogens with zero attached hydrogens (tertiary/aromatic N) is 5. The first-order valence-electron chi connectivity index (χ1n) is 6.29. The van der Waals surface area contributed by atoms with Crippen LogP contribution in [-0.4, -0.2) is 24.3 Å². The topological polar surface area (TPSA) is 48.5 Å². The van der Waals surface area contributed by atoms with E-state index in [2.05, 4.69) is 37.9 Å². The summed E-state index contributed by atoms with van der Waals surface area (Å²) in [4.78, 5) is 4.41. The summed E-state index contributed by atoms with van der Waals surface area (Å²) < 4.78 is 3.95. The quantitative estimate of drug-likeness (QED) is 0.557. The van der Waals surface area contributed by atoms with Gasteiger partial charge in [0.1, 0.15) is 19.0 Å². The minimum Gasteiger partial charge on any atom is -0.299 e. The standard InChI is InChI=1S/C15H11N5/c1-2-4-15-14(3-1)16-9-20(15)13-7-5-12(6-8-13)19-10-17-18-11-19/h1-11H. The van der Waals surface area contributed by atoms with E-state index in [9.17, 15) is 0 Å². The fraction of sp³-hybridized carbons (Fsp3) is 0. The predicted molar refractivity (Wildman–Crippen MR) is 76.0 cm³/mol. The van der Waals surface area contributed by atoms with Gasteiger partial charge in [0.2, 0.25) is 0 Å². The van der Waals surface area contributed by atoms with Crippen LogP contribution >= 0.6 is 0 Å². The van der Waals surface area contributed by atoms with Crippen molar-refractivity contribution >= 4 is 11.0 Å². The van der Waals surface area contributed by atoms with Gasteiger partial charge < -0.3 is 0 Å². The van der Waals surface area contributed by atoms with Gasteiger partial charge in [-0.15, -0.1) is 10.2 Å². The molecule has 0 N–H and O–H groups in total. The maximum Gasteiger partial charge on any atom is 0.123 e. The normalized spacial score (nSPS) is 11.0. The van der Waals surface area contributed by atoms with Crippen molar-refractivity contribution in [1.82, 2.24) is 24.3 Å². The van der Waals surface area contributed by atoms with E-state index in [-0.39, 0.29) is 0 Å². The summed E-state index contributed by atoms with van der Waals surface area (Å²) in [5, 5.41) is 7.62. The minimum atomic E-state index is 0.996. The Kier molecular flexibility index (Phi) is 2.35. The van der Waals surface area contributed by atoms with Crippen LogP contribution in [0.3, 0.4) is 0 Å². The van der Waals surface area contributed by atoms with Gasteiger partial charge in [0.25, 0.3) is 0 Å². The van der Waals surface area contributed by atoms with E-state index in [0.29, 0.717) is 0 Å². The smallest absolute Gasteiger partial charge is 0.123 e. The number of hydrogen-bond donors (Lipinski definition) is 0. The molecular weight excluding hydrogens is 250 g/mol. The highest BCUT2D eigenvalue weighted by atomic mass is 15.2. The van der Waals surface area contributed by atoms with E-state index in [1.807, 2.05) is 41.2 Å². The molecule has 5 heteroatoms. The van der Waals surface area contributed by atoms with Crippen LogP contribution in [0.25, 0.3) is 22.4 Å². The highest BCUT2D eigenvalue weighted by Gasteiger charge is 2.04. The zero-order valence-corrected chi connectivity index (χ0v) is 10.6. The minimum absolute atomic E-state index is 0.996. The Morgan fingerprint density at radius 3 is 2.20 bits per heavy atom. The molecule has 5 nitrogen and oxygen atoms in total. The second kappa shape index (κ2) is 4.31. The van der Waals surface area contributed by atoms with Crippen LogP contribution in [0.2, 0.25) is 0 Å². The molecule has 4 rings (SSSR count). The van der Waals surface area contributed by atoms with Crippen molar-refractivity contribution in [3.63, 3.8) is 0 Å². The summed E-state index contributed by atoms with van der Waals surface area (Å²) in [6.45, 7) is 0. The maximum absolute atomic E-state index is 4.41. The van der Waals surface area contributed by atoms with Crippen LogP contribution in [0.1, 0.15) is 0 Å². The maximum atomic E-state index is 4.41. The van der Waals surface area contributed by atoms with Crippen LogP contribution in [0.4, 0.5) is 0 Å². The number of aromatic nitrogens is 5. The first-order chi connectivity index (χ1) is 9.92. The van der Waals surface area contributed by atoms with Crippen LogP contribution in [-0.2, 0) is 0 Å². The number of rotatable bonds is 2. The van der Waals surface area contributed by atoms with E-state index in [1.165, 1.54) is 0 Å². The number of imidazole rings is 1. The molecule has 0 amide bonds. The molecule has 0 radical (unpaired) electrons. The summed E-state index contributed by atoms with van der Waals surface area (Å²) >= 11 is 0. The molecule has 4 aromatic rings. The van der Waals surface area contributed by atoms with Gasteiger partial charge >= 0.3 is 0 Å². The van der Waals surface area contributed by atoms with E-state index < -0.39 is 0 Å². The molecule has 0 aliphatic heterocycles. The molecule has 0 aliphatic carbocycles. The number of benzene rings is 2. The van der Waals surface area contributed by atoms with Crippen LogP contribution in [0.5, 0.6) is 0 Å². The fourth-order valence-corrected chi connectivity index (χ4v) is 2.28.